The summed E-state index contributed by atoms with van der Waals surface area (Å²) in [5.41, 5.74) is 1.68. The van der Waals surface area contributed by atoms with E-state index in [2.05, 4.69) is 20.3 Å². The van der Waals surface area contributed by atoms with Crippen LogP contribution in [0.15, 0.2) is 64.5 Å². The first-order valence-corrected chi connectivity index (χ1v) is 13.3. The number of halogens is 1. The maximum Gasteiger partial charge on any atom is 0.341 e. The van der Waals surface area contributed by atoms with Crippen LogP contribution in [-0.2, 0) is 21.2 Å². The van der Waals surface area contributed by atoms with Crippen molar-refractivity contribution in [3.63, 3.8) is 0 Å². The van der Waals surface area contributed by atoms with Gasteiger partial charge in [0.25, 0.3) is 0 Å². The second-order valence-electron chi connectivity index (χ2n) is 7.32. The molecule has 4 rings (SSSR count). The number of anilines is 2. The molecule has 178 valence electrons. The number of esters is 1. The summed E-state index contributed by atoms with van der Waals surface area (Å²) in [7, 11) is -3.92. The van der Waals surface area contributed by atoms with Gasteiger partial charge in [0.2, 0.25) is 10.0 Å². The zero-order valence-corrected chi connectivity index (χ0v) is 20.9. The molecule has 2 heterocycles. The Balaban J connectivity index is 1.70. The number of sulfonamides is 1. The van der Waals surface area contributed by atoms with Gasteiger partial charge in [0.05, 0.1) is 28.4 Å². The van der Waals surface area contributed by atoms with Crippen LogP contribution in [0.2, 0.25) is 5.02 Å². The fourth-order valence-electron chi connectivity index (χ4n) is 3.32. The maximum atomic E-state index is 13.1. The molecule has 8 nitrogen and oxygen atoms in total. The molecule has 0 saturated carbocycles. The Kier molecular flexibility index (Phi) is 7.22. The molecule has 1 aliphatic rings. The number of amidine groups is 1. The normalized spacial score (nSPS) is 15.1. The Morgan fingerprint density at radius 2 is 1.91 bits per heavy atom. The first kappa shape index (κ1) is 24.2. The molecule has 1 aromatic heterocycles. The minimum Gasteiger partial charge on any atom is -0.462 e. The van der Waals surface area contributed by atoms with Crippen LogP contribution < -0.4 is 15.4 Å². The van der Waals surface area contributed by atoms with Crippen LogP contribution in [0.5, 0.6) is 0 Å². The highest BCUT2D eigenvalue weighted by atomic mass is 35.5. The molecule has 0 bridgehead atoms. The van der Waals surface area contributed by atoms with Crippen LogP contribution in [0.4, 0.5) is 16.4 Å². The highest BCUT2D eigenvalue weighted by Crippen LogP contribution is 2.33. The summed E-state index contributed by atoms with van der Waals surface area (Å²) < 4.78 is 34.0. The van der Waals surface area contributed by atoms with Gasteiger partial charge in [0.15, 0.2) is 0 Å². The maximum absolute atomic E-state index is 13.1. The highest BCUT2D eigenvalue weighted by Gasteiger charge is 2.29. The number of carbonyl (C=O) groups is 1. The monoisotopic (exact) mass is 518 g/mol. The summed E-state index contributed by atoms with van der Waals surface area (Å²) in [6.07, 6.45) is -0.184. The van der Waals surface area contributed by atoms with Gasteiger partial charge >= 0.3 is 5.97 Å². The summed E-state index contributed by atoms with van der Waals surface area (Å²) >= 11 is 7.30. The SMILES string of the molecule is CCOC(=O)c1cc(CC)sc1NC1=Nc2ccccc2NC1NS(=O)(=O)c1ccc(Cl)cc1. The number of fused-ring (bicyclic) bond motifs is 1. The molecular weight excluding hydrogens is 496 g/mol. The van der Waals surface area contributed by atoms with Gasteiger partial charge in [0, 0.05) is 9.90 Å². The molecule has 11 heteroatoms. The van der Waals surface area contributed by atoms with Crippen LogP contribution in [0.1, 0.15) is 29.1 Å². The van der Waals surface area contributed by atoms with E-state index in [1.165, 1.54) is 35.6 Å². The van der Waals surface area contributed by atoms with Crippen LogP contribution >= 0.6 is 22.9 Å². The van der Waals surface area contributed by atoms with E-state index in [0.717, 1.165) is 11.3 Å². The van der Waals surface area contributed by atoms with E-state index >= 15 is 0 Å². The Hall–Kier alpha value is -2.92. The molecule has 1 aliphatic heterocycles. The number of aliphatic imine (C=N–C) groups is 1. The van der Waals surface area contributed by atoms with E-state index < -0.39 is 22.2 Å². The van der Waals surface area contributed by atoms with Crippen molar-refractivity contribution in [1.29, 1.82) is 0 Å². The van der Waals surface area contributed by atoms with E-state index in [1.54, 1.807) is 13.0 Å². The zero-order chi connectivity index (χ0) is 24.3. The van der Waals surface area contributed by atoms with E-state index in [-0.39, 0.29) is 11.5 Å². The topological polar surface area (TPSA) is 109 Å². The van der Waals surface area contributed by atoms with Crippen molar-refractivity contribution in [3.8, 4) is 0 Å². The van der Waals surface area contributed by atoms with Crippen LogP contribution in [0, 0.1) is 0 Å². The molecule has 1 unspecified atom stereocenters. The van der Waals surface area contributed by atoms with Gasteiger partial charge in [-0.3, -0.25) is 0 Å². The number of thiophene rings is 1. The van der Waals surface area contributed by atoms with Gasteiger partial charge in [-0.25, -0.2) is 18.2 Å². The fourth-order valence-corrected chi connectivity index (χ4v) is 5.55. The lowest BCUT2D eigenvalue weighted by atomic mass is 10.2. The number of nitrogens with one attached hydrogen (secondary N) is 3. The number of benzene rings is 2. The standard InChI is InChI=1S/C23H23ClN4O4S2/c1-3-15-13-17(23(29)32-4-2)22(33-15)27-20-21(26-19-8-6-5-7-18(19)25-20)28-34(30,31)16-11-9-14(24)10-12-16/h5-13,21,26,28H,3-4H2,1-2H3,(H,25,27). The number of ether oxygens (including phenoxy) is 1. The second-order valence-corrected chi connectivity index (χ2v) is 10.6. The van der Waals surface area contributed by atoms with Crippen molar-refractivity contribution in [3.05, 3.63) is 70.1 Å². The molecule has 0 saturated heterocycles. The van der Waals surface area contributed by atoms with E-state index in [9.17, 15) is 13.2 Å². The number of aryl methyl sites for hydroxylation is 1. The number of hydrogen-bond acceptors (Lipinski definition) is 8. The molecule has 0 radical (unpaired) electrons. The van der Waals surface area contributed by atoms with Gasteiger partial charge in [-0.1, -0.05) is 30.7 Å². The van der Waals surface area contributed by atoms with Crippen molar-refractivity contribution in [1.82, 2.24) is 4.72 Å². The minimum absolute atomic E-state index is 0.0634. The number of para-hydroxylation sites is 2. The summed E-state index contributed by atoms with van der Waals surface area (Å²) in [6.45, 7) is 3.98. The average Bonchev–Trinajstić information content (AvgIpc) is 3.23. The quantitative estimate of drug-likeness (QED) is 0.379. The lowest BCUT2D eigenvalue weighted by Gasteiger charge is -2.28. The molecule has 0 spiro atoms. The van der Waals surface area contributed by atoms with Gasteiger partial charge in [-0.15, -0.1) is 11.3 Å². The molecule has 0 aliphatic carbocycles. The molecule has 0 amide bonds. The largest absolute Gasteiger partial charge is 0.462 e. The Morgan fingerprint density at radius 3 is 2.62 bits per heavy atom. The van der Waals surface area contributed by atoms with E-state index in [0.29, 0.717) is 32.8 Å². The number of rotatable bonds is 7. The lowest BCUT2D eigenvalue weighted by molar-refractivity contribution is 0.0528. The second kappa shape index (κ2) is 10.1. The van der Waals surface area contributed by atoms with Crippen molar-refractivity contribution >= 4 is 61.1 Å². The third-order valence-electron chi connectivity index (χ3n) is 4.98. The Morgan fingerprint density at radius 1 is 1.18 bits per heavy atom. The number of hydrogen-bond donors (Lipinski definition) is 3. The molecular formula is C23H23ClN4O4S2. The van der Waals surface area contributed by atoms with Gasteiger partial charge in [-0.2, -0.15) is 4.72 Å². The van der Waals surface area contributed by atoms with Crippen LogP contribution in [-0.4, -0.2) is 33.0 Å². The summed E-state index contributed by atoms with van der Waals surface area (Å²) in [5, 5.41) is 7.32. The van der Waals surface area contributed by atoms with Gasteiger partial charge in [-0.05, 0) is 55.8 Å². The Bertz CT molecular complexity index is 1340. The predicted molar refractivity (Wildman–Crippen MR) is 136 cm³/mol. The first-order valence-electron chi connectivity index (χ1n) is 10.6. The molecule has 0 fully saturated rings. The first-order chi connectivity index (χ1) is 16.3. The predicted octanol–water partition coefficient (Wildman–Crippen LogP) is 5.01. The summed E-state index contributed by atoms with van der Waals surface area (Å²) in [4.78, 5) is 18.2. The van der Waals surface area contributed by atoms with Crippen LogP contribution in [0.3, 0.4) is 0 Å². The average molecular weight is 519 g/mol. The molecule has 3 N–H and O–H groups in total. The van der Waals surface area contributed by atoms with Crippen molar-refractivity contribution in [2.75, 3.05) is 17.2 Å². The molecule has 2 aromatic carbocycles. The van der Waals surface area contributed by atoms with Crippen molar-refractivity contribution in [2.45, 2.75) is 31.3 Å². The summed E-state index contributed by atoms with van der Waals surface area (Å²) in [5.74, 6) is -0.157. The molecule has 1 atom stereocenters. The number of nitrogens with zero attached hydrogens (tertiary/aromatic N) is 1. The van der Waals surface area contributed by atoms with Gasteiger partial charge < -0.3 is 15.4 Å². The van der Waals surface area contributed by atoms with E-state index in [1.807, 2.05) is 31.2 Å². The van der Waals surface area contributed by atoms with Gasteiger partial charge in [0.1, 0.15) is 17.0 Å². The molecule has 3 aromatic rings. The lowest BCUT2D eigenvalue weighted by Crippen LogP contribution is -2.50. The highest BCUT2D eigenvalue weighted by molar-refractivity contribution is 7.89. The fraction of sp³-hybridized carbons (Fsp3) is 0.217. The smallest absolute Gasteiger partial charge is 0.341 e. The van der Waals surface area contributed by atoms with E-state index in [4.69, 9.17) is 16.3 Å². The van der Waals surface area contributed by atoms with Crippen molar-refractivity contribution < 1.29 is 17.9 Å². The summed E-state index contributed by atoms with van der Waals surface area (Å²) in [6, 6.07) is 14.9. The molecule has 34 heavy (non-hydrogen) atoms. The van der Waals surface area contributed by atoms with Crippen molar-refractivity contribution in [2.24, 2.45) is 4.99 Å². The third kappa shape index (κ3) is 5.25. The third-order valence-corrected chi connectivity index (χ3v) is 7.87. The van der Waals surface area contributed by atoms with Crippen LogP contribution in [0.25, 0.3) is 0 Å². The zero-order valence-electron chi connectivity index (χ0n) is 18.5. The minimum atomic E-state index is -3.92. The number of carbonyl (C=O) groups excluding carboxylic acids is 1. The Labute approximate surface area is 207 Å².